The molecule has 12 heteroatoms. The Balaban J connectivity index is 1.28. The van der Waals surface area contributed by atoms with Crippen LogP contribution >= 0.6 is 11.8 Å². The molecule has 1 atom stereocenters. The van der Waals surface area contributed by atoms with Crippen molar-refractivity contribution in [2.45, 2.75) is 108 Å². The van der Waals surface area contributed by atoms with Crippen LogP contribution in [0.4, 0.5) is 11.5 Å². The van der Waals surface area contributed by atoms with Crippen LogP contribution in [0.3, 0.4) is 0 Å². The van der Waals surface area contributed by atoms with Gasteiger partial charge in [0.05, 0.1) is 17.1 Å². The lowest BCUT2D eigenvalue weighted by Crippen LogP contribution is -2.34. The number of ether oxygens (including phenoxy) is 1. The van der Waals surface area contributed by atoms with Gasteiger partial charge < -0.3 is 15.0 Å². The highest BCUT2D eigenvalue weighted by Gasteiger charge is 2.30. The van der Waals surface area contributed by atoms with E-state index in [1.165, 1.54) is 22.0 Å². The fraction of sp³-hybridized carbons (Fsp3) is 0.300. The van der Waals surface area contributed by atoms with E-state index in [2.05, 4.69) is 109 Å². The summed E-state index contributed by atoms with van der Waals surface area (Å²) in [6.07, 6.45) is 1.53. The number of nitrogens with one attached hydrogen (secondary N) is 2. The van der Waals surface area contributed by atoms with Crippen molar-refractivity contribution in [3.63, 3.8) is 0 Å². The van der Waals surface area contributed by atoms with Crippen molar-refractivity contribution in [2.24, 2.45) is 0 Å². The predicted octanol–water partition coefficient (Wildman–Crippen LogP) is 10.7. The quantitative estimate of drug-likeness (QED) is 0.0875. The fourth-order valence-electron chi connectivity index (χ4n) is 7.21. The second-order valence-corrected chi connectivity index (χ2v) is 17.8. The minimum absolute atomic E-state index is 0.00684. The first-order valence-corrected chi connectivity index (χ1v) is 22.2. The number of rotatable bonds is 18. The van der Waals surface area contributed by atoms with Crippen LogP contribution in [0.2, 0.25) is 0 Å². The monoisotopic (exact) mass is 848 g/mol. The van der Waals surface area contributed by atoms with E-state index in [9.17, 15) is 9.59 Å². The molecular formula is C50H56N8O3S. The van der Waals surface area contributed by atoms with Crippen molar-refractivity contribution in [1.29, 1.82) is 0 Å². The number of hydrogen-bond acceptors (Lipinski definition) is 8. The fourth-order valence-corrected chi connectivity index (χ4v) is 8.15. The standard InChI is InChI=1S/C50H56N8O3S/c1-8-42(61-43-31-30-37(49(4,5)9-2)32-39(43)50(6,7)10-3)46(59)51-40-28-20-21-29-41(40)58-47(60)44(62-48-52-54-55-57(48)38-26-18-13-19-27-38)45(53-58)56(33-35-22-14-11-15-23-35)34-36-24-16-12-17-25-36/h11-32,42,53H,8-10,33-34H2,1-7H3,(H,51,59). The first-order valence-electron chi connectivity index (χ1n) is 21.3. The van der Waals surface area contributed by atoms with Gasteiger partial charge in [-0.05, 0) is 99.3 Å². The van der Waals surface area contributed by atoms with E-state index < -0.39 is 6.10 Å². The molecule has 2 N–H and O–H groups in total. The van der Waals surface area contributed by atoms with Crippen LogP contribution in [0.1, 0.15) is 90.0 Å². The van der Waals surface area contributed by atoms with Crippen molar-refractivity contribution in [3.05, 3.63) is 166 Å². The number of anilines is 2. The number of hydrogen-bond donors (Lipinski definition) is 2. The van der Waals surface area contributed by atoms with Crippen LogP contribution in [0.5, 0.6) is 5.75 Å². The minimum atomic E-state index is -0.800. The zero-order valence-corrected chi connectivity index (χ0v) is 37.4. The molecule has 0 radical (unpaired) electrons. The first kappa shape index (κ1) is 43.7. The topological polar surface area (TPSA) is 123 Å². The van der Waals surface area contributed by atoms with Gasteiger partial charge in [0.2, 0.25) is 5.16 Å². The molecule has 2 heterocycles. The Morgan fingerprint density at radius 2 is 1.39 bits per heavy atom. The van der Waals surface area contributed by atoms with E-state index in [1.54, 1.807) is 10.7 Å². The molecule has 0 aliphatic heterocycles. The molecule has 320 valence electrons. The Morgan fingerprint density at radius 1 is 0.790 bits per heavy atom. The van der Waals surface area contributed by atoms with Crippen molar-refractivity contribution in [1.82, 2.24) is 30.0 Å². The van der Waals surface area contributed by atoms with E-state index >= 15 is 0 Å². The van der Waals surface area contributed by atoms with Gasteiger partial charge in [0, 0.05) is 18.7 Å². The third-order valence-corrected chi connectivity index (χ3v) is 12.8. The molecule has 0 bridgehead atoms. The zero-order valence-electron chi connectivity index (χ0n) is 36.6. The lowest BCUT2D eigenvalue weighted by molar-refractivity contribution is -0.122. The van der Waals surface area contributed by atoms with E-state index in [4.69, 9.17) is 4.74 Å². The Bertz CT molecular complexity index is 2600. The van der Waals surface area contributed by atoms with Crippen LogP contribution in [0.25, 0.3) is 11.4 Å². The Labute approximate surface area is 368 Å². The highest BCUT2D eigenvalue weighted by atomic mass is 32.2. The molecule has 0 saturated carbocycles. The third-order valence-electron chi connectivity index (χ3n) is 11.8. The number of carbonyl (C=O) groups excluding carboxylic acids is 1. The third kappa shape index (κ3) is 9.71. The molecule has 7 aromatic rings. The average molecular weight is 849 g/mol. The SMILES string of the molecule is CCC(Oc1ccc(C(C)(C)CC)cc1C(C)(C)CC)C(=O)Nc1ccccc1-n1[nH]c(N(Cc2ccccc2)Cc2ccccc2)c(Sc2nnnn2-c2ccccc2)c1=O. The van der Waals surface area contributed by atoms with Crippen LogP contribution in [-0.2, 0) is 28.7 Å². The summed E-state index contributed by atoms with van der Waals surface area (Å²) >= 11 is 1.19. The molecule has 11 nitrogen and oxygen atoms in total. The van der Waals surface area contributed by atoms with Gasteiger partial charge in [-0.1, -0.05) is 152 Å². The van der Waals surface area contributed by atoms with Crippen molar-refractivity contribution in [2.75, 3.05) is 10.2 Å². The number of tetrazole rings is 1. The molecule has 0 saturated heterocycles. The normalized spacial score (nSPS) is 12.2. The zero-order chi connectivity index (χ0) is 43.9. The van der Waals surface area contributed by atoms with Gasteiger partial charge in [0.15, 0.2) is 6.10 Å². The molecule has 0 aliphatic rings. The highest BCUT2D eigenvalue weighted by molar-refractivity contribution is 7.99. The number of H-pyrrole nitrogens is 1. The maximum absolute atomic E-state index is 15.0. The van der Waals surface area contributed by atoms with Crippen LogP contribution in [-0.4, -0.2) is 42.0 Å². The number of aromatic amines is 1. The van der Waals surface area contributed by atoms with Crippen LogP contribution in [0, 0.1) is 0 Å². The van der Waals surface area contributed by atoms with Gasteiger partial charge in [-0.25, -0.2) is 4.68 Å². The number of para-hydroxylation sites is 3. The number of aromatic nitrogens is 6. The van der Waals surface area contributed by atoms with Gasteiger partial charge in [0.1, 0.15) is 16.5 Å². The second-order valence-electron chi connectivity index (χ2n) is 16.8. The number of carbonyl (C=O) groups is 1. The molecule has 62 heavy (non-hydrogen) atoms. The Morgan fingerprint density at radius 3 is 2.00 bits per heavy atom. The summed E-state index contributed by atoms with van der Waals surface area (Å²) in [6, 6.07) is 43.6. The molecule has 0 aliphatic carbocycles. The molecule has 1 amide bonds. The van der Waals surface area contributed by atoms with Gasteiger partial charge >= 0.3 is 0 Å². The maximum atomic E-state index is 15.0. The summed E-state index contributed by atoms with van der Waals surface area (Å²) in [5.74, 6) is 0.959. The maximum Gasteiger partial charge on any atom is 0.287 e. The van der Waals surface area contributed by atoms with E-state index in [0.29, 0.717) is 52.5 Å². The summed E-state index contributed by atoms with van der Waals surface area (Å²) in [7, 11) is 0. The van der Waals surface area contributed by atoms with Crippen LogP contribution < -0.4 is 20.5 Å². The lowest BCUT2D eigenvalue weighted by atomic mass is 9.76. The minimum Gasteiger partial charge on any atom is -0.480 e. The predicted molar refractivity (Wildman–Crippen MR) is 249 cm³/mol. The van der Waals surface area contributed by atoms with E-state index in [-0.39, 0.29) is 22.3 Å². The molecule has 0 spiro atoms. The molecule has 1 unspecified atom stereocenters. The molecule has 2 aromatic heterocycles. The second kappa shape index (κ2) is 19.1. The molecule has 0 fully saturated rings. The molecule has 7 rings (SSSR count). The largest absolute Gasteiger partial charge is 0.480 e. The van der Waals surface area contributed by atoms with Crippen LogP contribution in [0.15, 0.2) is 148 Å². The highest BCUT2D eigenvalue weighted by Crippen LogP contribution is 2.40. The first-order chi connectivity index (χ1) is 29.9. The van der Waals surface area contributed by atoms with Gasteiger partial charge in [-0.15, -0.1) is 5.10 Å². The summed E-state index contributed by atoms with van der Waals surface area (Å²) < 4.78 is 9.75. The molecule has 5 aromatic carbocycles. The number of nitrogens with zero attached hydrogens (tertiary/aromatic N) is 6. The van der Waals surface area contributed by atoms with Gasteiger partial charge in [0.25, 0.3) is 11.5 Å². The van der Waals surface area contributed by atoms with Crippen molar-refractivity contribution >= 4 is 29.2 Å². The summed E-state index contributed by atoms with van der Waals surface area (Å²) in [5.41, 5.74) is 5.61. The number of benzene rings is 5. The van der Waals surface area contributed by atoms with Crippen molar-refractivity contribution < 1.29 is 9.53 Å². The van der Waals surface area contributed by atoms with Gasteiger partial charge in [-0.3, -0.25) is 14.7 Å². The Kier molecular flexibility index (Phi) is 13.5. The average Bonchev–Trinajstić information content (AvgIpc) is 3.90. The van der Waals surface area contributed by atoms with Gasteiger partial charge in [-0.2, -0.15) is 4.68 Å². The summed E-state index contributed by atoms with van der Waals surface area (Å²) in [5, 5.41) is 19.7. The summed E-state index contributed by atoms with van der Waals surface area (Å²) in [4.78, 5) is 31.8. The Hall–Kier alpha value is -6.40. The smallest absolute Gasteiger partial charge is 0.287 e. The van der Waals surface area contributed by atoms with Crippen molar-refractivity contribution in [3.8, 4) is 17.1 Å². The lowest BCUT2D eigenvalue weighted by Gasteiger charge is -2.31. The van der Waals surface area contributed by atoms with E-state index in [1.807, 2.05) is 97.9 Å². The van der Waals surface area contributed by atoms with E-state index in [0.717, 1.165) is 35.2 Å². The summed E-state index contributed by atoms with van der Waals surface area (Å²) in [6.45, 7) is 16.2. The molecular weight excluding hydrogens is 793 g/mol. The number of amides is 1.